The van der Waals surface area contributed by atoms with Crippen molar-refractivity contribution in [3.8, 4) is 0 Å². The number of amides is 1. The van der Waals surface area contributed by atoms with E-state index < -0.39 is 0 Å². The summed E-state index contributed by atoms with van der Waals surface area (Å²) >= 11 is 0. The zero-order chi connectivity index (χ0) is 14.7. The molecule has 2 atom stereocenters. The molecule has 3 rings (SSSR count). The maximum Gasteiger partial charge on any atom is 0.226 e. The molecular formula is C18H26N2O. The van der Waals surface area contributed by atoms with Crippen LogP contribution in [0.1, 0.15) is 37.3 Å². The number of hydrogen-bond donors (Lipinski definition) is 1. The van der Waals surface area contributed by atoms with Gasteiger partial charge >= 0.3 is 0 Å². The van der Waals surface area contributed by atoms with Crippen molar-refractivity contribution in [3.05, 3.63) is 35.4 Å². The van der Waals surface area contributed by atoms with E-state index in [0.29, 0.717) is 11.9 Å². The third-order valence-electron chi connectivity index (χ3n) is 4.99. The summed E-state index contributed by atoms with van der Waals surface area (Å²) in [6.45, 7) is 4.92. The highest BCUT2D eigenvalue weighted by atomic mass is 16.2. The Bertz CT molecular complexity index is 494. The van der Waals surface area contributed by atoms with Crippen molar-refractivity contribution in [1.82, 2.24) is 10.2 Å². The number of nitrogens with zero attached hydrogens (tertiary/aromatic N) is 1. The van der Waals surface area contributed by atoms with E-state index in [1.165, 1.54) is 24.0 Å². The fourth-order valence-electron chi connectivity index (χ4n) is 3.72. The second kappa shape index (κ2) is 6.61. The number of nitrogens with one attached hydrogen (secondary N) is 1. The molecule has 1 aromatic rings. The lowest BCUT2D eigenvalue weighted by Crippen LogP contribution is -2.44. The predicted molar refractivity (Wildman–Crippen MR) is 85.2 cm³/mol. The summed E-state index contributed by atoms with van der Waals surface area (Å²) in [5.41, 5.74) is 2.80. The van der Waals surface area contributed by atoms with Gasteiger partial charge in [-0.3, -0.25) is 4.79 Å². The van der Waals surface area contributed by atoms with Gasteiger partial charge in [-0.2, -0.15) is 0 Å². The highest BCUT2D eigenvalue weighted by Gasteiger charge is 2.29. The Labute approximate surface area is 127 Å². The van der Waals surface area contributed by atoms with E-state index in [-0.39, 0.29) is 5.92 Å². The Morgan fingerprint density at radius 2 is 2.10 bits per heavy atom. The molecule has 2 unspecified atom stereocenters. The standard InChI is InChI=1S/C18H26N2O/c1-2-20(13-17-8-5-11-19-17)18(21)16-10-9-14-6-3-4-7-15(14)12-16/h3-4,6-7,16-17,19H,2,5,8-13H2,1H3. The van der Waals surface area contributed by atoms with E-state index >= 15 is 0 Å². The third-order valence-corrected chi connectivity index (χ3v) is 4.99. The van der Waals surface area contributed by atoms with E-state index in [1.54, 1.807) is 0 Å². The molecular weight excluding hydrogens is 260 g/mol. The van der Waals surface area contributed by atoms with Gasteiger partial charge in [0.15, 0.2) is 0 Å². The molecule has 0 radical (unpaired) electrons. The molecule has 1 amide bonds. The average molecular weight is 286 g/mol. The van der Waals surface area contributed by atoms with Gasteiger partial charge in [-0.25, -0.2) is 0 Å². The van der Waals surface area contributed by atoms with Crippen LogP contribution in [-0.4, -0.2) is 36.5 Å². The third kappa shape index (κ3) is 3.29. The summed E-state index contributed by atoms with van der Waals surface area (Å²) in [6.07, 6.45) is 5.42. The number of carbonyl (C=O) groups is 1. The van der Waals surface area contributed by atoms with Crippen molar-refractivity contribution in [2.24, 2.45) is 5.92 Å². The number of likely N-dealkylation sites (N-methyl/N-ethyl adjacent to an activating group) is 1. The van der Waals surface area contributed by atoms with Gasteiger partial charge in [0.25, 0.3) is 0 Å². The van der Waals surface area contributed by atoms with Crippen molar-refractivity contribution in [1.29, 1.82) is 0 Å². The van der Waals surface area contributed by atoms with Crippen LogP contribution in [0.25, 0.3) is 0 Å². The normalized spacial score (nSPS) is 24.6. The van der Waals surface area contributed by atoms with Gasteiger partial charge in [-0.15, -0.1) is 0 Å². The minimum absolute atomic E-state index is 0.182. The molecule has 0 saturated carbocycles. The van der Waals surface area contributed by atoms with Crippen molar-refractivity contribution in [2.75, 3.05) is 19.6 Å². The second-order valence-corrected chi connectivity index (χ2v) is 6.38. The van der Waals surface area contributed by atoms with Crippen LogP contribution < -0.4 is 5.32 Å². The Morgan fingerprint density at radius 1 is 1.29 bits per heavy atom. The monoisotopic (exact) mass is 286 g/mol. The lowest BCUT2D eigenvalue weighted by atomic mass is 9.83. The topological polar surface area (TPSA) is 32.3 Å². The predicted octanol–water partition coefficient (Wildman–Crippen LogP) is 2.39. The van der Waals surface area contributed by atoms with Crippen LogP contribution >= 0.6 is 0 Å². The van der Waals surface area contributed by atoms with E-state index in [9.17, 15) is 4.79 Å². The largest absolute Gasteiger partial charge is 0.341 e. The molecule has 21 heavy (non-hydrogen) atoms. The fraction of sp³-hybridized carbons (Fsp3) is 0.611. The molecule has 1 aliphatic carbocycles. The Hall–Kier alpha value is -1.35. The van der Waals surface area contributed by atoms with Gasteiger partial charge in [-0.1, -0.05) is 24.3 Å². The molecule has 1 heterocycles. The molecule has 3 nitrogen and oxygen atoms in total. The summed E-state index contributed by atoms with van der Waals surface area (Å²) < 4.78 is 0. The highest BCUT2D eigenvalue weighted by Crippen LogP contribution is 2.27. The maximum absolute atomic E-state index is 12.8. The van der Waals surface area contributed by atoms with Crippen molar-refractivity contribution < 1.29 is 4.79 Å². The minimum atomic E-state index is 0.182. The van der Waals surface area contributed by atoms with E-state index in [0.717, 1.165) is 38.9 Å². The second-order valence-electron chi connectivity index (χ2n) is 6.38. The molecule has 0 aromatic heterocycles. The van der Waals surface area contributed by atoms with Gasteiger partial charge in [0.05, 0.1) is 0 Å². The smallest absolute Gasteiger partial charge is 0.226 e. The molecule has 2 aliphatic rings. The number of fused-ring (bicyclic) bond motifs is 1. The summed E-state index contributed by atoms with van der Waals surface area (Å²) in [4.78, 5) is 14.9. The first kappa shape index (κ1) is 14.6. The van der Waals surface area contributed by atoms with E-state index in [2.05, 4.69) is 41.4 Å². The quantitative estimate of drug-likeness (QED) is 0.922. The van der Waals surface area contributed by atoms with Crippen LogP contribution in [-0.2, 0) is 17.6 Å². The fourth-order valence-corrected chi connectivity index (χ4v) is 3.72. The van der Waals surface area contributed by atoms with Crippen molar-refractivity contribution in [3.63, 3.8) is 0 Å². The van der Waals surface area contributed by atoms with Crippen molar-refractivity contribution in [2.45, 2.75) is 45.1 Å². The minimum Gasteiger partial charge on any atom is -0.341 e. The molecule has 0 spiro atoms. The van der Waals surface area contributed by atoms with Gasteiger partial charge in [-0.05, 0) is 56.7 Å². The Morgan fingerprint density at radius 3 is 2.81 bits per heavy atom. The Kier molecular flexibility index (Phi) is 4.59. The van der Waals surface area contributed by atoms with Crippen LogP contribution in [0.3, 0.4) is 0 Å². The van der Waals surface area contributed by atoms with Gasteiger partial charge < -0.3 is 10.2 Å². The van der Waals surface area contributed by atoms with E-state index in [4.69, 9.17) is 0 Å². The van der Waals surface area contributed by atoms with Crippen LogP contribution in [0.4, 0.5) is 0 Å². The first-order chi connectivity index (χ1) is 10.3. The lowest BCUT2D eigenvalue weighted by Gasteiger charge is -2.31. The first-order valence-corrected chi connectivity index (χ1v) is 8.37. The number of carbonyl (C=O) groups excluding carboxylic acids is 1. The first-order valence-electron chi connectivity index (χ1n) is 8.37. The SMILES string of the molecule is CCN(CC1CCCN1)C(=O)C1CCc2ccccc2C1. The number of benzene rings is 1. The molecule has 0 bridgehead atoms. The van der Waals surface area contributed by atoms with Crippen LogP contribution in [0.15, 0.2) is 24.3 Å². The number of aryl methyl sites for hydroxylation is 1. The van der Waals surface area contributed by atoms with Gasteiger partial charge in [0, 0.05) is 25.0 Å². The van der Waals surface area contributed by atoms with Crippen molar-refractivity contribution >= 4 is 5.91 Å². The lowest BCUT2D eigenvalue weighted by molar-refractivity contribution is -0.136. The van der Waals surface area contributed by atoms with Gasteiger partial charge in [0.2, 0.25) is 5.91 Å². The molecule has 3 heteroatoms. The summed E-state index contributed by atoms with van der Waals surface area (Å²) in [6, 6.07) is 9.08. The molecule has 1 N–H and O–H groups in total. The molecule has 1 fully saturated rings. The molecule has 1 aliphatic heterocycles. The number of rotatable bonds is 4. The molecule has 1 saturated heterocycles. The van der Waals surface area contributed by atoms with Crippen LogP contribution in [0, 0.1) is 5.92 Å². The summed E-state index contributed by atoms with van der Waals surface area (Å²) in [5.74, 6) is 0.543. The summed E-state index contributed by atoms with van der Waals surface area (Å²) in [5, 5.41) is 3.50. The maximum atomic E-state index is 12.8. The molecule has 1 aromatic carbocycles. The van der Waals surface area contributed by atoms with E-state index in [1.807, 2.05) is 0 Å². The average Bonchev–Trinajstić information content (AvgIpc) is 3.04. The number of hydrogen-bond acceptors (Lipinski definition) is 2. The zero-order valence-corrected chi connectivity index (χ0v) is 13.0. The van der Waals surface area contributed by atoms with Gasteiger partial charge in [0.1, 0.15) is 0 Å². The van der Waals surface area contributed by atoms with Crippen LogP contribution in [0.2, 0.25) is 0 Å². The highest BCUT2D eigenvalue weighted by molar-refractivity contribution is 5.79. The zero-order valence-electron chi connectivity index (χ0n) is 13.0. The Balaban J connectivity index is 1.64. The molecule has 114 valence electrons. The summed E-state index contributed by atoms with van der Waals surface area (Å²) in [7, 11) is 0. The van der Waals surface area contributed by atoms with Crippen LogP contribution in [0.5, 0.6) is 0 Å².